The molecule has 138 valence electrons. The van der Waals surface area contributed by atoms with Gasteiger partial charge in [0.2, 0.25) is 0 Å². The molecule has 1 saturated carbocycles. The van der Waals surface area contributed by atoms with Gasteiger partial charge in [-0.25, -0.2) is 14.5 Å². The van der Waals surface area contributed by atoms with Gasteiger partial charge >= 0.3 is 0 Å². The highest BCUT2D eigenvalue weighted by molar-refractivity contribution is 7.11. The fraction of sp³-hybridized carbons (Fsp3) is 0.400. The van der Waals surface area contributed by atoms with Crippen LogP contribution in [0, 0.1) is 20.8 Å². The van der Waals surface area contributed by atoms with Crippen molar-refractivity contribution < 1.29 is 0 Å². The van der Waals surface area contributed by atoms with Crippen LogP contribution in [0.4, 0.5) is 0 Å². The normalized spacial score (nSPS) is 19.1. The van der Waals surface area contributed by atoms with Crippen molar-refractivity contribution in [2.24, 2.45) is 0 Å². The van der Waals surface area contributed by atoms with Crippen molar-refractivity contribution in [3.05, 3.63) is 51.4 Å². The standard InChI is InChI=1S/C20H22N6S/c1-5-25-18(17-6-11(2)20-22-9-12(3)26(20)24-17)8-16(23-25)14-7-15(14)19-10-21-13(4)27-19/h6,8-10,14-15H,5,7H2,1-4H3. The zero-order valence-electron chi connectivity index (χ0n) is 16.0. The summed E-state index contributed by atoms with van der Waals surface area (Å²) in [5.41, 5.74) is 6.29. The van der Waals surface area contributed by atoms with Gasteiger partial charge < -0.3 is 0 Å². The number of hydrogen-bond acceptors (Lipinski definition) is 5. The Labute approximate surface area is 161 Å². The SMILES string of the molecule is CCn1nc(C2CC2c2cnc(C)s2)cc1-c1cc(C)c2ncc(C)n2n1. The van der Waals surface area contributed by atoms with Gasteiger partial charge in [-0.3, -0.25) is 4.68 Å². The smallest absolute Gasteiger partial charge is 0.156 e. The Hall–Kier alpha value is -2.54. The Bertz CT molecular complexity index is 1150. The van der Waals surface area contributed by atoms with Gasteiger partial charge in [0.1, 0.15) is 5.69 Å². The van der Waals surface area contributed by atoms with Crippen molar-refractivity contribution in [1.29, 1.82) is 0 Å². The number of hydrogen-bond donors (Lipinski definition) is 0. The Morgan fingerprint density at radius 1 is 1.07 bits per heavy atom. The predicted molar refractivity (Wildman–Crippen MR) is 106 cm³/mol. The van der Waals surface area contributed by atoms with Gasteiger partial charge in [0.15, 0.2) is 5.65 Å². The number of imidazole rings is 1. The van der Waals surface area contributed by atoms with E-state index in [-0.39, 0.29) is 0 Å². The quantitative estimate of drug-likeness (QED) is 0.532. The molecular weight excluding hydrogens is 356 g/mol. The van der Waals surface area contributed by atoms with E-state index in [2.05, 4.69) is 47.6 Å². The Morgan fingerprint density at radius 3 is 2.67 bits per heavy atom. The molecule has 2 atom stereocenters. The van der Waals surface area contributed by atoms with Crippen LogP contribution in [0.5, 0.6) is 0 Å². The van der Waals surface area contributed by atoms with Crippen LogP contribution >= 0.6 is 11.3 Å². The van der Waals surface area contributed by atoms with E-state index in [1.54, 1.807) is 0 Å². The summed E-state index contributed by atoms with van der Waals surface area (Å²) in [6.07, 6.45) is 5.06. The van der Waals surface area contributed by atoms with Crippen LogP contribution in [0.1, 0.15) is 52.0 Å². The molecule has 0 aliphatic heterocycles. The third-order valence-corrected chi connectivity index (χ3v) is 6.40. The van der Waals surface area contributed by atoms with E-state index < -0.39 is 0 Å². The van der Waals surface area contributed by atoms with Gasteiger partial charge in [-0.05, 0) is 51.8 Å². The summed E-state index contributed by atoms with van der Waals surface area (Å²) < 4.78 is 4.00. The average molecular weight is 379 g/mol. The van der Waals surface area contributed by atoms with Crippen molar-refractivity contribution >= 4 is 17.0 Å². The number of aromatic nitrogens is 6. The summed E-state index contributed by atoms with van der Waals surface area (Å²) in [6, 6.07) is 4.34. The minimum Gasteiger partial charge on any atom is -0.263 e. The monoisotopic (exact) mass is 378 g/mol. The lowest BCUT2D eigenvalue weighted by Gasteiger charge is -2.07. The molecule has 4 aromatic rings. The minimum atomic E-state index is 0.496. The molecule has 1 fully saturated rings. The molecule has 27 heavy (non-hydrogen) atoms. The Morgan fingerprint density at radius 2 is 1.93 bits per heavy atom. The van der Waals surface area contributed by atoms with Gasteiger partial charge in [0.25, 0.3) is 0 Å². The molecule has 4 aromatic heterocycles. The minimum absolute atomic E-state index is 0.496. The molecule has 0 amide bonds. The fourth-order valence-electron chi connectivity index (χ4n) is 3.81. The van der Waals surface area contributed by atoms with Crippen molar-refractivity contribution in [3.8, 4) is 11.4 Å². The topological polar surface area (TPSA) is 60.9 Å². The first-order valence-electron chi connectivity index (χ1n) is 9.37. The molecule has 0 aromatic carbocycles. The molecule has 5 rings (SSSR count). The van der Waals surface area contributed by atoms with E-state index in [1.165, 1.54) is 10.6 Å². The highest BCUT2D eigenvalue weighted by Gasteiger charge is 2.42. The van der Waals surface area contributed by atoms with E-state index >= 15 is 0 Å². The maximum atomic E-state index is 4.91. The van der Waals surface area contributed by atoms with Crippen LogP contribution < -0.4 is 0 Å². The van der Waals surface area contributed by atoms with Crippen molar-refractivity contribution in [2.75, 3.05) is 0 Å². The zero-order chi connectivity index (χ0) is 18.7. The molecule has 2 unspecified atom stereocenters. The van der Waals surface area contributed by atoms with E-state index in [4.69, 9.17) is 10.2 Å². The van der Waals surface area contributed by atoms with Crippen LogP contribution in [0.25, 0.3) is 17.0 Å². The summed E-state index contributed by atoms with van der Waals surface area (Å²) in [4.78, 5) is 10.2. The van der Waals surface area contributed by atoms with Crippen LogP contribution in [-0.4, -0.2) is 29.4 Å². The molecule has 6 nitrogen and oxygen atoms in total. The first-order chi connectivity index (χ1) is 13.0. The first kappa shape index (κ1) is 16.6. The fourth-order valence-corrected chi connectivity index (χ4v) is 4.77. The van der Waals surface area contributed by atoms with Crippen LogP contribution in [0.3, 0.4) is 0 Å². The van der Waals surface area contributed by atoms with Gasteiger partial charge in [-0.15, -0.1) is 11.3 Å². The van der Waals surface area contributed by atoms with Crippen LogP contribution in [-0.2, 0) is 6.54 Å². The van der Waals surface area contributed by atoms with Gasteiger partial charge in [-0.1, -0.05) is 0 Å². The largest absolute Gasteiger partial charge is 0.263 e. The molecule has 0 spiro atoms. The summed E-state index contributed by atoms with van der Waals surface area (Å²) in [5, 5.41) is 10.9. The molecule has 0 bridgehead atoms. The lowest BCUT2D eigenvalue weighted by Crippen LogP contribution is -2.04. The first-order valence-corrected chi connectivity index (χ1v) is 10.2. The van der Waals surface area contributed by atoms with Crippen molar-refractivity contribution in [3.63, 3.8) is 0 Å². The van der Waals surface area contributed by atoms with E-state index in [0.717, 1.165) is 46.3 Å². The highest BCUT2D eigenvalue weighted by atomic mass is 32.1. The summed E-state index contributed by atoms with van der Waals surface area (Å²) in [5.74, 6) is 1.06. The lowest BCUT2D eigenvalue weighted by atomic mass is 10.1. The molecule has 0 radical (unpaired) electrons. The number of fused-ring (bicyclic) bond motifs is 1. The second-order valence-corrected chi connectivity index (χ2v) is 8.61. The van der Waals surface area contributed by atoms with E-state index in [0.29, 0.717) is 11.8 Å². The molecule has 1 aliphatic rings. The van der Waals surface area contributed by atoms with Crippen LogP contribution in [0.2, 0.25) is 0 Å². The van der Waals surface area contributed by atoms with Gasteiger partial charge in [-0.2, -0.15) is 10.2 Å². The summed E-state index contributed by atoms with van der Waals surface area (Å²) in [7, 11) is 0. The maximum absolute atomic E-state index is 4.91. The number of aryl methyl sites for hydroxylation is 4. The molecule has 4 heterocycles. The molecule has 7 heteroatoms. The summed E-state index contributed by atoms with van der Waals surface area (Å²) >= 11 is 1.81. The number of nitrogens with zero attached hydrogens (tertiary/aromatic N) is 6. The number of rotatable bonds is 4. The zero-order valence-corrected chi connectivity index (χ0v) is 16.8. The van der Waals surface area contributed by atoms with Crippen LogP contribution in [0.15, 0.2) is 24.5 Å². The second kappa shape index (κ2) is 5.99. The molecule has 0 N–H and O–H groups in total. The van der Waals surface area contributed by atoms with Crippen molar-refractivity contribution in [2.45, 2.75) is 52.5 Å². The molecule has 1 aliphatic carbocycles. The van der Waals surface area contributed by atoms with E-state index in [1.807, 2.05) is 35.2 Å². The van der Waals surface area contributed by atoms with Gasteiger partial charge in [0.05, 0.1) is 28.3 Å². The molecular formula is C20H22N6S. The molecule has 0 saturated heterocycles. The third kappa shape index (κ3) is 2.68. The Balaban J connectivity index is 1.53. The summed E-state index contributed by atoms with van der Waals surface area (Å²) in [6.45, 7) is 9.14. The van der Waals surface area contributed by atoms with Crippen molar-refractivity contribution in [1.82, 2.24) is 29.4 Å². The predicted octanol–water partition coefficient (Wildman–Crippen LogP) is 4.27. The highest BCUT2D eigenvalue weighted by Crippen LogP contribution is 2.55. The average Bonchev–Trinajstić information content (AvgIpc) is 2.98. The van der Waals surface area contributed by atoms with E-state index in [9.17, 15) is 0 Å². The lowest BCUT2D eigenvalue weighted by molar-refractivity contribution is 0.650. The maximum Gasteiger partial charge on any atom is 0.156 e. The number of thiazole rings is 1. The second-order valence-electron chi connectivity index (χ2n) is 7.35. The van der Waals surface area contributed by atoms with Gasteiger partial charge in [0, 0.05) is 29.5 Å². The third-order valence-electron chi connectivity index (χ3n) is 5.36. The Kier molecular flexibility index (Phi) is 3.69.